The van der Waals surface area contributed by atoms with Gasteiger partial charge in [-0.25, -0.2) is 0 Å². The fourth-order valence-corrected chi connectivity index (χ4v) is 2.53. The molecule has 0 aromatic carbocycles. The van der Waals surface area contributed by atoms with E-state index < -0.39 is 0 Å². The van der Waals surface area contributed by atoms with Gasteiger partial charge in [-0.1, -0.05) is 0 Å². The number of likely N-dealkylation sites (tertiary alicyclic amines) is 1. The summed E-state index contributed by atoms with van der Waals surface area (Å²) in [5.41, 5.74) is 3.16. The number of nitrogens with zero attached hydrogens (tertiary/aromatic N) is 2. The summed E-state index contributed by atoms with van der Waals surface area (Å²) in [4.78, 5) is 17.7. The van der Waals surface area contributed by atoms with E-state index in [1.165, 1.54) is 0 Å². The highest BCUT2D eigenvalue weighted by atomic mass is 16.2. The molecule has 1 aromatic rings. The second-order valence-corrected chi connectivity index (χ2v) is 5.09. The molecule has 0 aliphatic carbocycles. The first-order valence-electron chi connectivity index (χ1n) is 6.52. The van der Waals surface area contributed by atoms with E-state index in [0.717, 1.165) is 43.0 Å². The largest absolute Gasteiger partial charge is 0.380 e. The molecule has 2 heterocycles. The first-order chi connectivity index (χ1) is 8.54. The zero-order valence-corrected chi connectivity index (χ0v) is 11.4. The average molecular weight is 247 g/mol. The zero-order chi connectivity index (χ0) is 13.1. The van der Waals surface area contributed by atoms with Crippen LogP contribution in [0, 0.1) is 13.8 Å². The van der Waals surface area contributed by atoms with E-state index in [0.29, 0.717) is 6.04 Å². The minimum Gasteiger partial charge on any atom is -0.380 e. The molecule has 1 aliphatic heterocycles. The summed E-state index contributed by atoms with van der Waals surface area (Å²) in [5.74, 6) is 0.170. The Hall–Kier alpha value is -1.58. The van der Waals surface area contributed by atoms with Crippen LogP contribution in [0.4, 0.5) is 5.69 Å². The number of amides is 1. The molecule has 0 radical (unpaired) electrons. The number of hydrogen-bond acceptors (Lipinski definition) is 3. The summed E-state index contributed by atoms with van der Waals surface area (Å²) in [5, 5.41) is 3.51. The van der Waals surface area contributed by atoms with E-state index in [1.54, 1.807) is 6.92 Å². The fraction of sp³-hybridized carbons (Fsp3) is 0.571. The third-order valence-electron chi connectivity index (χ3n) is 3.32. The lowest BCUT2D eigenvalue weighted by atomic mass is 10.1. The number of rotatable bonds is 2. The van der Waals surface area contributed by atoms with Crippen molar-refractivity contribution in [1.29, 1.82) is 0 Å². The van der Waals surface area contributed by atoms with Crippen LogP contribution in [0.2, 0.25) is 0 Å². The van der Waals surface area contributed by atoms with Gasteiger partial charge in [-0.3, -0.25) is 9.78 Å². The van der Waals surface area contributed by atoms with Gasteiger partial charge in [-0.05, 0) is 38.8 Å². The molecule has 0 bridgehead atoms. The smallest absolute Gasteiger partial charge is 0.219 e. The summed E-state index contributed by atoms with van der Waals surface area (Å²) in [6.45, 7) is 7.34. The summed E-state index contributed by atoms with van der Waals surface area (Å²) in [6, 6.07) is 4.46. The van der Waals surface area contributed by atoms with Crippen molar-refractivity contribution in [1.82, 2.24) is 9.88 Å². The number of anilines is 1. The van der Waals surface area contributed by atoms with Gasteiger partial charge in [0.05, 0.1) is 0 Å². The van der Waals surface area contributed by atoms with Crippen LogP contribution in [0.15, 0.2) is 12.1 Å². The molecule has 4 heteroatoms. The molecule has 1 saturated heterocycles. The monoisotopic (exact) mass is 247 g/mol. The van der Waals surface area contributed by atoms with Gasteiger partial charge in [0.15, 0.2) is 0 Å². The van der Waals surface area contributed by atoms with Gasteiger partial charge in [0.25, 0.3) is 0 Å². The number of aryl methyl sites for hydroxylation is 2. The lowest BCUT2D eigenvalue weighted by molar-refractivity contribution is -0.129. The molecular weight excluding hydrogens is 226 g/mol. The maximum absolute atomic E-state index is 11.4. The van der Waals surface area contributed by atoms with Gasteiger partial charge in [-0.15, -0.1) is 0 Å². The first kappa shape index (κ1) is 12.9. The molecule has 1 aromatic heterocycles. The summed E-state index contributed by atoms with van der Waals surface area (Å²) >= 11 is 0. The molecule has 0 spiro atoms. The van der Waals surface area contributed by atoms with E-state index in [1.807, 2.05) is 18.7 Å². The number of nitrogens with one attached hydrogen (secondary N) is 1. The Kier molecular flexibility index (Phi) is 3.84. The van der Waals surface area contributed by atoms with Crippen LogP contribution in [0.3, 0.4) is 0 Å². The van der Waals surface area contributed by atoms with E-state index in [9.17, 15) is 4.79 Å². The Balaban J connectivity index is 2.02. The van der Waals surface area contributed by atoms with E-state index in [2.05, 4.69) is 22.4 Å². The van der Waals surface area contributed by atoms with Crippen molar-refractivity contribution < 1.29 is 4.79 Å². The van der Waals surface area contributed by atoms with Gasteiger partial charge >= 0.3 is 0 Å². The lowest BCUT2D eigenvalue weighted by Gasteiger charge is -2.33. The van der Waals surface area contributed by atoms with Crippen molar-refractivity contribution >= 4 is 11.6 Å². The van der Waals surface area contributed by atoms with Crippen LogP contribution in [0.25, 0.3) is 0 Å². The first-order valence-corrected chi connectivity index (χ1v) is 6.52. The molecule has 4 nitrogen and oxygen atoms in total. The minimum absolute atomic E-state index is 0.170. The summed E-state index contributed by atoms with van der Waals surface area (Å²) in [6.07, 6.45) is 2.19. The van der Waals surface area contributed by atoms with Crippen molar-refractivity contribution in [2.45, 2.75) is 39.7 Å². The molecular formula is C14H21N3O. The van der Waals surface area contributed by atoms with Gasteiger partial charge in [0, 0.05) is 43.1 Å². The molecule has 98 valence electrons. The third kappa shape index (κ3) is 3.22. The predicted octanol–water partition coefficient (Wildman–Crippen LogP) is 2.12. The Morgan fingerprint density at radius 3 is 2.67 bits per heavy atom. The van der Waals surface area contributed by atoms with Crippen LogP contribution in [0.5, 0.6) is 0 Å². The molecule has 1 fully saturated rings. The molecule has 0 unspecified atom stereocenters. The van der Waals surface area contributed by atoms with Crippen molar-refractivity contribution in [3.8, 4) is 0 Å². The Morgan fingerprint density at radius 1 is 1.39 bits per heavy atom. The van der Waals surface area contributed by atoms with E-state index in [-0.39, 0.29) is 5.91 Å². The topological polar surface area (TPSA) is 45.2 Å². The molecule has 1 amide bonds. The van der Waals surface area contributed by atoms with Crippen LogP contribution in [-0.4, -0.2) is 34.9 Å². The highest BCUT2D eigenvalue weighted by molar-refractivity contribution is 5.73. The maximum atomic E-state index is 11.4. The maximum Gasteiger partial charge on any atom is 0.219 e. The standard InChI is InChI=1S/C14H21N3O/c1-10-7-14(8-11(2)15-10)16-13-5-4-6-17(9-13)12(3)18/h7-8,13H,4-6,9H2,1-3H3,(H,15,16)/t13-/m0/s1. The second kappa shape index (κ2) is 5.38. The highest BCUT2D eigenvalue weighted by Gasteiger charge is 2.21. The van der Waals surface area contributed by atoms with Crippen LogP contribution < -0.4 is 5.32 Å². The van der Waals surface area contributed by atoms with Crippen molar-refractivity contribution in [3.05, 3.63) is 23.5 Å². The van der Waals surface area contributed by atoms with E-state index in [4.69, 9.17) is 0 Å². The van der Waals surface area contributed by atoms with Crippen LogP contribution in [-0.2, 0) is 4.79 Å². The average Bonchev–Trinajstić information content (AvgIpc) is 2.27. The highest BCUT2D eigenvalue weighted by Crippen LogP contribution is 2.17. The number of aromatic nitrogens is 1. The number of carbonyl (C=O) groups excluding carboxylic acids is 1. The normalized spacial score (nSPS) is 19.7. The number of pyridine rings is 1. The van der Waals surface area contributed by atoms with Crippen LogP contribution >= 0.6 is 0 Å². The van der Waals surface area contributed by atoms with Gasteiger partial charge in [0.2, 0.25) is 5.91 Å². The zero-order valence-electron chi connectivity index (χ0n) is 11.4. The molecule has 1 N–H and O–H groups in total. The molecule has 2 rings (SSSR count). The van der Waals surface area contributed by atoms with Crippen molar-refractivity contribution in [3.63, 3.8) is 0 Å². The second-order valence-electron chi connectivity index (χ2n) is 5.09. The Labute approximate surface area is 108 Å². The predicted molar refractivity (Wildman–Crippen MR) is 72.6 cm³/mol. The summed E-state index contributed by atoms with van der Waals surface area (Å²) in [7, 11) is 0. The van der Waals surface area contributed by atoms with E-state index >= 15 is 0 Å². The number of hydrogen-bond donors (Lipinski definition) is 1. The minimum atomic E-state index is 0.170. The van der Waals surface area contributed by atoms with Crippen LogP contribution in [0.1, 0.15) is 31.2 Å². The van der Waals surface area contributed by atoms with Crippen molar-refractivity contribution in [2.24, 2.45) is 0 Å². The lowest BCUT2D eigenvalue weighted by Crippen LogP contribution is -2.44. The Bertz CT molecular complexity index is 424. The Morgan fingerprint density at radius 2 is 2.06 bits per heavy atom. The van der Waals surface area contributed by atoms with Gasteiger partial charge in [0.1, 0.15) is 0 Å². The fourth-order valence-electron chi connectivity index (χ4n) is 2.53. The van der Waals surface area contributed by atoms with Gasteiger partial charge < -0.3 is 10.2 Å². The molecule has 1 atom stereocenters. The molecule has 0 saturated carbocycles. The summed E-state index contributed by atoms with van der Waals surface area (Å²) < 4.78 is 0. The SMILES string of the molecule is CC(=O)N1CCC[C@H](Nc2cc(C)nc(C)c2)C1. The third-order valence-corrected chi connectivity index (χ3v) is 3.32. The molecule has 18 heavy (non-hydrogen) atoms. The quantitative estimate of drug-likeness (QED) is 0.870. The van der Waals surface area contributed by atoms with Gasteiger partial charge in [-0.2, -0.15) is 0 Å². The number of carbonyl (C=O) groups is 1. The molecule has 1 aliphatic rings. The number of piperidine rings is 1. The van der Waals surface area contributed by atoms with Crippen molar-refractivity contribution in [2.75, 3.05) is 18.4 Å².